The minimum absolute atomic E-state index is 0.0571. The minimum atomic E-state index is -0.173. The van der Waals surface area contributed by atoms with Gasteiger partial charge in [0.25, 0.3) is 0 Å². The first-order valence-corrected chi connectivity index (χ1v) is 7.72. The molecule has 1 aromatic carbocycles. The van der Waals surface area contributed by atoms with Crippen molar-refractivity contribution in [3.8, 4) is 5.88 Å². The topological polar surface area (TPSA) is 62.7 Å². The molecule has 0 aliphatic heterocycles. The van der Waals surface area contributed by atoms with Crippen LogP contribution in [0, 0.1) is 0 Å². The van der Waals surface area contributed by atoms with Gasteiger partial charge in [-0.25, -0.2) is 4.98 Å². The molecule has 0 radical (unpaired) electrons. The number of rotatable bonds is 7. The first-order chi connectivity index (χ1) is 11.2. The van der Waals surface area contributed by atoms with Gasteiger partial charge in [-0.3, -0.25) is 4.79 Å². The van der Waals surface area contributed by atoms with Gasteiger partial charge in [-0.15, -0.1) is 0 Å². The van der Waals surface area contributed by atoms with Crippen molar-refractivity contribution >= 4 is 22.9 Å². The Hall–Kier alpha value is -2.40. The summed E-state index contributed by atoms with van der Waals surface area (Å²) in [4.78, 5) is 18.0. The Labute approximate surface area is 136 Å². The second kappa shape index (κ2) is 8.29. The Morgan fingerprint density at radius 1 is 1.39 bits per heavy atom. The fourth-order valence-corrected chi connectivity index (χ4v) is 2.10. The highest BCUT2D eigenvalue weighted by molar-refractivity contribution is 5.93. The lowest BCUT2D eigenvalue weighted by atomic mass is 10.1. The second-order valence-corrected chi connectivity index (χ2v) is 5.24. The number of hydrogen-bond donors (Lipinski definition) is 1. The quantitative estimate of drug-likeness (QED) is 0.798. The first kappa shape index (κ1) is 17.0. The largest absolute Gasteiger partial charge is 0.477 e. The first-order valence-electron chi connectivity index (χ1n) is 7.72. The van der Waals surface area contributed by atoms with Crippen LogP contribution in [0.4, 0.5) is 0 Å². The maximum atomic E-state index is 12.0. The Morgan fingerprint density at radius 2 is 2.17 bits per heavy atom. The Bertz CT molecular complexity index is 698. The number of benzene rings is 1. The molecule has 0 aliphatic rings. The van der Waals surface area contributed by atoms with Crippen LogP contribution in [-0.2, 0) is 4.79 Å². The summed E-state index contributed by atoms with van der Waals surface area (Å²) in [5, 5.41) is 9.88. The van der Waals surface area contributed by atoms with Crippen LogP contribution in [-0.4, -0.2) is 47.7 Å². The van der Waals surface area contributed by atoms with Crippen LogP contribution in [0.15, 0.2) is 36.4 Å². The third-order valence-electron chi connectivity index (χ3n) is 3.38. The van der Waals surface area contributed by atoms with E-state index in [4.69, 9.17) is 9.84 Å². The van der Waals surface area contributed by atoms with E-state index in [0.29, 0.717) is 19.0 Å². The third-order valence-corrected chi connectivity index (χ3v) is 3.38. The summed E-state index contributed by atoms with van der Waals surface area (Å²) in [6, 6.07) is 9.75. The van der Waals surface area contributed by atoms with E-state index < -0.39 is 0 Å². The maximum absolute atomic E-state index is 12.0. The van der Waals surface area contributed by atoms with Crippen LogP contribution in [0.3, 0.4) is 0 Å². The number of carbonyl (C=O) groups excluding carboxylic acids is 1. The summed E-state index contributed by atoms with van der Waals surface area (Å²) in [6.07, 6.45) is 4.07. The zero-order valence-electron chi connectivity index (χ0n) is 13.5. The molecule has 5 nitrogen and oxygen atoms in total. The molecule has 0 bridgehead atoms. The zero-order valence-corrected chi connectivity index (χ0v) is 13.5. The van der Waals surface area contributed by atoms with Crippen molar-refractivity contribution < 1.29 is 14.6 Å². The molecule has 23 heavy (non-hydrogen) atoms. The molecule has 5 heteroatoms. The lowest BCUT2D eigenvalue weighted by molar-refractivity contribution is -0.125. The Balaban J connectivity index is 2.31. The van der Waals surface area contributed by atoms with E-state index in [-0.39, 0.29) is 12.5 Å². The molecule has 1 N–H and O–H groups in total. The number of aromatic nitrogens is 1. The molecule has 0 spiro atoms. The SMILES string of the molecule is CCCOc1nc2ccccc2cc1/C=C/C(=O)N(C)CCO. The molecule has 2 aromatic rings. The summed E-state index contributed by atoms with van der Waals surface area (Å²) in [7, 11) is 1.65. The van der Waals surface area contributed by atoms with Crippen molar-refractivity contribution in [1.82, 2.24) is 9.88 Å². The standard InChI is InChI=1S/C18H22N2O3/c1-3-12-23-18-15(8-9-17(22)20(2)10-11-21)13-14-6-4-5-7-16(14)19-18/h4-9,13,21H,3,10-12H2,1-2H3/b9-8+. The smallest absolute Gasteiger partial charge is 0.246 e. The van der Waals surface area contributed by atoms with E-state index in [9.17, 15) is 4.79 Å². The van der Waals surface area contributed by atoms with Crippen LogP contribution < -0.4 is 4.74 Å². The van der Waals surface area contributed by atoms with E-state index in [0.717, 1.165) is 22.9 Å². The van der Waals surface area contributed by atoms with Crippen molar-refractivity contribution in [1.29, 1.82) is 0 Å². The van der Waals surface area contributed by atoms with Crippen LogP contribution in [0.5, 0.6) is 5.88 Å². The summed E-state index contributed by atoms with van der Waals surface area (Å²) in [5.41, 5.74) is 1.63. The minimum Gasteiger partial charge on any atom is -0.477 e. The third kappa shape index (κ3) is 4.53. The Kier molecular flexibility index (Phi) is 6.11. The van der Waals surface area contributed by atoms with E-state index in [2.05, 4.69) is 4.98 Å². The van der Waals surface area contributed by atoms with Crippen LogP contribution in [0.1, 0.15) is 18.9 Å². The van der Waals surface area contributed by atoms with E-state index in [1.54, 1.807) is 13.1 Å². The van der Waals surface area contributed by atoms with Crippen molar-refractivity contribution in [3.63, 3.8) is 0 Å². The van der Waals surface area contributed by atoms with Gasteiger partial charge in [0.15, 0.2) is 0 Å². The highest BCUT2D eigenvalue weighted by Gasteiger charge is 2.08. The molecule has 0 atom stereocenters. The maximum Gasteiger partial charge on any atom is 0.246 e. The van der Waals surface area contributed by atoms with Gasteiger partial charge in [0, 0.05) is 30.6 Å². The van der Waals surface area contributed by atoms with Gasteiger partial charge in [0.1, 0.15) is 0 Å². The number of pyridine rings is 1. The Morgan fingerprint density at radius 3 is 2.91 bits per heavy atom. The normalized spacial score (nSPS) is 11.1. The molecular formula is C18H22N2O3. The molecule has 1 aromatic heterocycles. The van der Waals surface area contributed by atoms with Gasteiger partial charge in [-0.2, -0.15) is 0 Å². The van der Waals surface area contributed by atoms with Crippen molar-refractivity contribution in [2.45, 2.75) is 13.3 Å². The fraction of sp³-hybridized carbons (Fsp3) is 0.333. The average molecular weight is 314 g/mol. The molecule has 0 saturated carbocycles. The predicted octanol–water partition coefficient (Wildman–Crippen LogP) is 2.49. The molecule has 0 aliphatic carbocycles. The van der Waals surface area contributed by atoms with Gasteiger partial charge in [0.2, 0.25) is 11.8 Å². The van der Waals surface area contributed by atoms with Crippen LogP contribution in [0.2, 0.25) is 0 Å². The van der Waals surface area contributed by atoms with Gasteiger partial charge < -0.3 is 14.7 Å². The number of ether oxygens (including phenoxy) is 1. The molecule has 0 fully saturated rings. The second-order valence-electron chi connectivity index (χ2n) is 5.24. The number of likely N-dealkylation sites (N-methyl/N-ethyl adjacent to an activating group) is 1. The number of carbonyl (C=O) groups is 1. The number of nitrogens with zero attached hydrogens (tertiary/aromatic N) is 2. The molecule has 1 amide bonds. The molecule has 2 rings (SSSR count). The van der Waals surface area contributed by atoms with Gasteiger partial charge in [-0.1, -0.05) is 25.1 Å². The number of aliphatic hydroxyl groups is 1. The summed E-state index contributed by atoms with van der Waals surface area (Å²) in [5.74, 6) is 0.355. The number of aliphatic hydroxyl groups excluding tert-OH is 1. The van der Waals surface area contributed by atoms with Crippen LogP contribution in [0.25, 0.3) is 17.0 Å². The lowest BCUT2D eigenvalue weighted by Crippen LogP contribution is -2.27. The zero-order chi connectivity index (χ0) is 16.7. The van der Waals surface area contributed by atoms with Crippen molar-refractivity contribution in [2.24, 2.45) is 0 Å². The van der Waals surface area contributed by atoms with Gasteiger partial charge >= 0.3 is 0 Å². The number of fused-ring (bicyclic) bond motifs is 1. The lowest BCUT2D eigenvalue weighted by Gasteiger charge is -2.13. The molecule has 0 unspecified atom stereocenters. The number of hydrogen-bond acceptors (Lipinski definition) is 4. The van der Waals surface area contributed by atoms with Crippen molar-refractivity contribution in [3.05, 3.63) is 42.0 Å². The summed E-state index contributed by atoms with van der Waals surface area (Å²) in [6.45, 7) is 2.85. The molecular weight excluding hydrogens is 292 g/mol. The summed E-state index contributed by atoms with van der Waals surface area (Å²) < 4.78 is 5.71. The van der Waals surface area contributed by atoms with Gasteiger partial charge in [-0.05, 0) is 24.6 Å². The van der Waals surface area contributed by atoms with Gasteiger partial charge in [0.05, 0.1) is 18.7 Å². The highest BCUT2D eigenvalue weighted by Crippen LogP contribution is 2.23. The fourth-order valence-electron chi connectivity index (χ4n) is 2.10. The predicted molar refractivity (Wildman–Crippen MR) is 91.3 cm³/mol. The molecule has 1 heterocycles. The van der Waals surface area contributed by atoms with E-state index >= 15 is 0 Å². The molecule has 122 valence electrons. The monoisotopic (exact) mass is 314 g/mol. The molecule has 0 saturated heterocycles. The number of amides is 1. The highest BCUT2D eigenvalue weighted by atomic mass is 16.5. The summed E-state index contributed by atoms with van der Waals surface area (Å²) >= 11 is 0. The van der Waals surface area contributed by atoms with E-state index in [1.165, 1.54) is 11.0 Å². The average Bonchev–Trinajstić information content (AvgIpc) is 2.57. The van der Waals surface area contributed by atoms with E-state index in [1.807, 2.05) is 37.3 Å². The van der Waals surface area contributed by atoms with Crippen molar-refractivity contribution in [2.75, 3.05) is 26.8 Å². The van der Waals surface area contributed by atoms with Crippen LogP contribution >= 0.6 is 0 Å². The number of para-hydroxylation sites is 1.